The van der Waals surface area contributed by atoms with Crippen molar-refractivity contribution in [1.82, 2.24) is 10.2 Å². The van der Waals surface area contributed by atoms with Gasteiger partial charge in [0.05, 0.1) is 5.54 Å². The first kappa shape index (κ1) is 16.5. The lowest BCUT2D eigenvalue weighted by atomic mass is 9.87. The van der Waals surface area contributed by atoms with Gasteiger partial charge in [0.15, 0.2) is 0 Å². The summed E-state index contributed by atoms with van der Waals surface area (Å²) in [5.41, 5.74) is 1.41. The highest BCUT2D eigenvalue weighted by Crippen LogP contribution is 2.29. The lowest BCUT2D eigenvalue weighted by Gasteiger charge is -2.49. The van der Waals surface area contributed by atoms with E-state index >= 15 is 0 Å². The molecule has 0 radical (unpaired) electrons. The fourth-order valence-electron chi connectivity index (χ4n) is 3.36. The van der Waals surface area contributed by atoms with Crippen LogP contribution in [0.15, 0.2) is 30.3 Å². The summed E-state index contributed by atoms with van der Waals surface area (Å²) < 4.78 is 5.27. The van der Waals surface area contributed by atoms with Crippen molar-refractivity contribution in [2.24, 2.45) is 0 Å². The molecule has 1 saturated heterocycles. The number of methoxy groups -OCH3 is 1. The second kappa shape index (κ2) is 7.39. The standard InChI is InChI=1S/C18H30N2O/c1-5-17-13-19-18(3,16-9-7-6-8-10-16)14-20(17)15(2)11-12-21-4/h6-10,15,17,19H,5,11-14H2,1-4H3. The van der Waals surface area contributed by atoms with Gasteiger partial charge >= 0.3 is 0 Å². The van der Waals surface area contributed by atoms with Gasteiger partial charge in [-0.15, -0.1) is 0 Å². The molecule has 1 aliphatic heterocycles. The van der Waals surface area contributed by atoms with E-state index in [0.29, 0.717) is 12.1 Å². The van der Waals surface area contributed by atoms with E-state index in [1.54, 1.807) is 7.11 Å². The van der Waals surface area contributed by atoms with Crippen molar-refractivity contribution in [3.63, 3.8) is 0 Å². The zero-order valence-corrected chi connectivity index (χ0v) is 13.9. The predicted octanol–water partition coefficient (Wildman–Crippen LogP) is 3.01. The molecule has 2 rings (SSSR count). The molecule has 1 aromatic rings. The topological polar surface area (TPSA) is 24.5 Å². The van der Waals surface area contributed by atoms with Crippen LogP contribution in [-0.4, -0.2) is 43.8 Å². The summed E-state index contributed by atoms with van der Waals surface area (Å²) in [7, 11) is 1.79. The first-order valence-corrected chi connectivity index (χ1v) is 8.16. The third-order valence-electron chi connectivity index (χ3n) is 4.88. The van der Waals surface area contributed by atoms with E-state index in [-0.39, 0.29) is 5.54 Å². The van der Waals surface area contributed by atoms with E-state index in [1.165, 1.54) is 12.0 Å². The van der Waals surface area contributed by atoms with E-state index < -0.39 is 0 Å². The Balaban J connectivity index is 2.14. The normalized spacial score (nSPS) is 28.5. The molecule has 0 aliphatic carbocycles. The summed E-state index contributed by atoms with van der Waals surface area (Å²) >= 11 is 0. The molecule has 3 nitrogen and oxygen atoms in total. The van der Waals surface area contributed by atoms with Crippen molar-refractivity contribution in [3.05, 3.63) is 35.9 Å². The van der Waals surface area contributed by atoms with Crippen molar-refractivity contribution in [3.8, 4) is 0 Å². The van der Waals surface area contributed by atoms with Gasteiger partial charge in [-0.25, -0.2) is 0 Å². The summed E-state index contributed by atoms with van der Waals surface area (Å²) in [6.07, 6.45) is 2.28. The van der Waals surface area contributed by atoms with Gasteiger partial charge in [-0.05, 0) is 32.3 Å². The van der Waals surface area contributed by atoms with Gasteiger partial charge in [0, 0.05) is 38.9 Å². The van der Waals surface area contributed by atoms with Crippen LogP contribution in [0.4, 0.5) is 0 Å². The average Bonchev–Trinajstić information content (AvgIpc) is 2.53. The van der Waals surface area contributed by atoms with Crippen molar-refractivity contribution in [1.29, 1.82) is 0 Å². The highest BCUT2D eigenvalue weighted by Gasteiger charge is 2.37. The second-order valence-electron chi connectivity index (χ2n) is 6.44. The Morgan fingerprint density at radius 3 is 2.71 bits per heavy atom. The molecule has 0 bridgehead atoms. The highest BCUT2D eigenvalue weighted by atomic mass is 16.5. The van der Waals surface area contributed by atoms with Gasteiger partial charge in [-0.3, -0.25) is 4.90 Å². The molecule has 0 aromatic heterocycles. The number of rotatable bonds is 6. The van der Waals surface area contributed by atoms with E-state index in [2.05, 4.69) is 61.3 Å². The number of hydrogen-bond donors (Lipinski definition) is 1. The van der Waals surface area contributed by atoms with Crippen LogP contribution in [0.1, 0.15) is 39.2 Å². The van der Waals surface area contributed by atoms with Crippen LogP contribution < -0.4 is 5.32 Å². The van der Waals surface area contributed by atoms with E-state index in [4.69, 9.17) is 4.74 Å². The molecule has 0 amide bonds. The zero-order valence-electron chi connectivity index (χ0n) is 13.9. The van der Waals surface area contributed by atoms with Crippen LogP contribution in [0.5, 0.6) is 0 Å². The van der Waals surface area contributed by atoms with E-state index in [1.807, 2.05) is 0 Å². The molecular weight excluding hydrogens is 260 g/mol. The fraction of sp³-hybridized carbons (Fsp3) is 0.667. The molecule has 3 unspecified atom stereocenters. The molecule has 1 aliphatic rings. The Labute approximate surface area is 129 Å². The Morgan fingerprint density at radius 2 is 2.10 bits per heavy atom. The molecule has 0 saturated carbocycles. The van der Waals surface area contributed by atoms with Crippen LogP contribution >= 0.6 is 0 Å². The average molecular weight is 290 g/mol. The number of nitrogens with zero attached hydrogens (tertiary/aromatic N) is 1. The molecule has 1 heterocycles. The van der Waals surface area contributed by atoms with Crippen LogP contribution in [0.2, 0.25) is 0 Å². The van der Waals surface area contributed by atoms with E-state index in [9.17, 15) is 0 Å². The van der Waals surface area contributed by atoms with Crippen LogP contribution in [0, 0.1) is 0 Å². The fourth-order valence-corrected chi connectivity index (χ4v) is 3.36. The quantitative estimate of drug-likeness (QED) is 0.871. The lowest BCUT2D eigenvalue weighted by molar-refractivity contribution is 0.0367. The molecular formula is C18H30N2O. The van der Waals surface area contributed by atoms with Gasteiger partial charge in [0.2, 0.25) is 0 Å². The van der Waals surface area contributed by atoms with Gasteiger partial charge < -0.3 is 10.1 Å². The number of benzene rings is 1. The second-order valence-corrected chi connectivity index (χ2v) is 6.44. The lowest BCUT2D eigenvalue weighted by Crippen LogP contribution is -2.63. The largest absolute Gasteiger partial charge is 0.385 e. The first-order valence-electron chi connectivity index (χ1n) is 8.16. The Bertz CT molecular complexity index is 422. The SMILES string of the molecule is CCC1CNC(C)(c2ccccc2)CN1C(C)CCOC. The number of nitrogens with one attached hydrogen (secondary N) is 1. The van der Waals surface area contributed by atoms with Crippen molar-refractivity contribution >= 4 is 0 Å². The maximum Gasteiger partial charge on any atom is 0.0535 e. The van der Waals surface area contributed by atoms with Crippen LogP contribution in [0.25, 0.3) is 0 Å². The molecule has 1 N–H and O–H groups in total. The summed E-state index contributed by atoms with van der Waals surface area (Å²) in [5.74, 6) is 0. The zero-order chi connectivity index (χ0) is 15.3. The Morgan fingerprint density at radius 1 is 1.38 bits per heavy atom. The number of piperazine rings is 1. The van der Waals surface area contributed by atoms with Crippen molar-refractivity contribution < 1.29 is 4.74 Å². The molecule has 1 aromatic carbocycles. The molecule has 0 spiro atoms. The summed E-state index contributed by atoms with van der Waals surface area (Å²) in [6.45, 7) is 9.89. The molecule has 1 fully saturated rings. The monoisotopic (exact) mass is 290 g/mol. The van der Waals surface area contributed by atoms with Crippen LogP contribution in [0.3, 0.4) is 0 Å². The minimum absolute atomic E-state index is 0.0360. The minimum Gasteiger partial charge on any atom is -0.385 e. The molecule has 21 heavy (non-hydrogen) atoms. The third kappa shape index (κ3) is 3.85. The molecule has 3 heteroatoms. The molecule has 118 valence electrons. The number of ether oxygens (including phenoxy) is 1. The third-order valence-corrected chi connectivity index (χ3v) is 4.88. The maximum absolute atomic E-state index is 5.27. The highest BCUT2D eigenvalue weighted by molar-refractivity contribution is 5.25. The summed E-state index contributed by atoms with van der Waals surface area (Å²) in [4.78, 5) is 2.67. The van der Waals surface area contributed by atoms with Gasteiger partial charge in [-0.1, -0.05) is 37.3 Å². The maximum atomic E-state index is 5.27. The molecule has 3 atom stereocenters. The van der Waals surface area contributed by atoms with E-state index in [0.717, 1.165) is 26.1 Å². The van der Waals surface area contributed by atoms with Crippen LogP contribution in [-0.2, 0) is 10.3 Å². The van der Waals surface area contributed by atoms with Crippen molar-refractivity contribution in [2.45, 2.75) is 51.2 Å². The van der Waals surface area contributed by atoms with Gasteiger partial charge in [0.25, 0.3) is 0 Å². The van der Waals surface area contributed by atoms with Crippen molar-refractivity contribution in [2.75, 3.05) is 26.8 Å². The minimum atomic E-state index is 0.0360. The van der Waals surface area contributed by atoms with Gasteiger partial charge in [-0.2, -0.15) is 0 Å². The Kier molecular flexibility index (Phi) is 5.80. The Hall–Kier alpha value is -0.900. The van der Waals surface area contributed by atoms with Gasteiger partial charge in [0.1, 0.15) is 0 Å². The smallest absolute Gasteiger partial charge is 0.0535 e. The number of hydrogen-bond acceptors (Lipinski definition) is 3. The summed E-state index contributed by atoms with van der Waals surface area (Å²) in [6, 6.07) is 12.0. The first-order chi connectivity index (χ1) is 10.1. The summed E-state index contributed by atoms with van der Waals surface area (Å²) in [5, 5.41) is 3.78. The predicted molar refractivity (Wildman–Crippen MR) is 88.5 cm³/mol.